The van der Waals surface area contributed by atoms with Crippen molar-refractivity contribution >= 4 is 0 Å². The van der Waals surface area contributed by atoms with Crippen LogP contribution < -0.4 is 0 Å². The molecule has 0 N–H and O–H groups in total. The number of hydrogen-bond donors (Lipinski definition) is 0. The fourth-order valence-corrected chi connectivity index (χ4v) is 9.86. The summed E-state index contributed by atoms with van der Waals surface area (Å²) in [5.74, 6) is 0. The SMILES string of the molecule is [N-]=[N+]=NCCOCCOCCOCCOCCOCCOCCOCCOCCOCCOCCOCCOCCOCCOCCOCCOCCOCCOCCOCCOCCOCCOCCOCCOCCOCCOCCOCCOCCOCCOCCOCCOCCOCCOCCOCCOCCOCCOCCOCCOCCOCCOCCOCCOCCN=[N+]=[N-]. The average molecular weight is 2050 g/mol. The van der Waals surface area contributed by atoms with Gasteiger partial charge >= 0.3 is 0 Å². The third-order valence-electron chi connectivity index (χ3n) is 16.8. The summed E-state index contributed by atoms with van der Waals surface area (Å²) in [7, 11) is 0. The lowest BCUT2D eigenvalue weighted by molar-refractivity contribution is -0.0329. The molecule has 0 fully saturated rings. The Balaban J connectivity index is 3.11. The molecule has 0 aromatic heterocycles. The van der Waals surface area contributed by atoms with Crippen LogP contribution in [0, 0.1) is 0 Å². The molecular formula is C90H180N6O44. The van der Waals surface area contributed by atoms with E-state index in [1.165, 1.54) is 0 Å². The minimum absolute atomic E-state index is 0.316. The number of azide groups is 2. The Kier molecular flexibility index (Phi) is 133. The van der Waals surface area contributed by atoms with Gasteiger partial charge < -0.3 is 208 Å². The maximum absolute atomic E-state index is 8.19. The molecule has 0 aliphatic rings. The molecular weight excluding hydrogens is 1870 g/mol. The zero-order valence-corrected chi connectivity index (χ0v) is 84.3. The molecule has 0 radical (unpaired) electrons. The predicted octanol–water partition coefficient (Wildman–Crippen LogP) is 2.34. The Morgan fingerprint density at radius 2 is 0.121 bits per heavy atom. The van der Waals surface area contributed by atoms with E-state index in [-0.39, 0.29) is 0 Å². The maximum atomic E-state index is 8.19. The molecule has 0 rings (SSSR count). The highest BCUT2D eigenvalue weighted by atomic mass is 16.7. The van der Waals surface area contributed by atoms with E-state index in [1.807, 2.05) is 0 Å². The smallest absolute Gasteiger partial charge is 0.0701 e. The zero-order chi connectivity index (χ0) is 99.6. The van der Waals surface area contributed by atoms with Crippen molar-refractivity contribution in [3.8, 4) is 0 Å². The first kappa shape index (κ1) is 137. The summed E-state index contributed by atoms with van der Waals surface area (Å²) in [6.07, 6.45) is 0. The second kappa shape index (κ2) is 136. The Morgan fingerprint density at radius 1 is 0.0786 bits per heavy atom. The molecule has 0 spiro atoms. The number of ether oxygens (including phenoxy) is 44. The fourth-order valence-electron chi connectivity index (χ4n) is 9.86. The van der Waals surface area contributed by atoms with Crippen LogP contribution in [0.4, 0.5) is 0 Å². The van der Waals surface area contributed by atoms with Crippen LogP contribution in [0.5, 0.6) is 0 Å². The molecule has 0 amide bonds. The first-order chi connectivity index (χ1) is 69.9. The second-order valence-corrected chi connectivity index (χ2v) is 27.9. The van der Waals surface area contributed by atoms with Gasteiger partial charge in [-0.2, -0.15) is 0 Å². The van der Waals surface area contributed by atoms with Crippen molar-refractivity contribution < 1.29 is 208 Å². The van der Waals surface area contributed by atoms with Crippen molar-refractivity contribution in [3.05, 3.63) is 20.9 Å². The first-order valence-corrected chi connectivity index (χ1v) is 49.3. The van der Waals surface area contributed by atoms with Crippen LogP contribution in [0.1, 0.15) is 0 Å². The van der Waals surface area contributed by atoms with Gasteiger partial charge in [0.2, 0.25) is 0 Å². The van der Waals surface area contributed by atoms with Crippen LogP contribution in [0.15, 0.2) is 10.2 Å². The van der Waals surface area contributed by atoms with E-state index in [1.54, 1.807) is 0 Å². The summed E-state index contributed by atoms with van der Waals surface area (Å²) in [6.45, 7) is 42.1. The lowest BCUT2D eigenvalue weighted by atomic mass is 10.6. The summed E-state index contributed by atoms with van der Waals surface area (Å²) in [4.78, 5) is 5.31. The van der Waals surface area contributed by atoms with Crippen LogP contribution in [0.25, 0.3) is 20.9 Å². The molecule has 0 heterocycles. The molecule has 0 atom stereocenters. The molecule has 0 saturated heterocycles. The van der Waals surface area contributed by atoms with Gasteiger partial charge in [0.1, 0.15) is 0 Å². The normalized spacial score (nSPS) is 11.7. The van der Waals surface area contributed by atoms with Gasteiger partial charge in [0.25, 0.3) is 0 Å². The molecule has 0 aromatic carbocycles. The van der Waals surface area contributed by atoms with E-state index in [0.29, 0.717) is 594 Å². The molecule has 0 bridgehead atoms. The van der Waals surface area contributed by atoms with Gasteiger partial charge in [-0.3, -0.25) is 0 Å². The maximum Gasteiger partial charge on any atom is 0.0701 e. The van der Waals surface area contributed by atoms with Gasteiger partial charge in [0.05, 0.1) is 581 Å². The molecule has 0 aliphatic carbocycles. The molecule has 50 nitrogen and oxygen atoms in total. The Labute approximate surface area is 830 Å². The predicted molar refractivity (Wildman–Crippen MR) is 504 cm³/mol. The number of rotatable bonds is 135. The largest absolute Gasteiger partial charge is 0.379 e. The van der Waals surface area contributed by atoms with Crippen LogP contribution in [-0.2, 0) is 208 Å². The highest BCUT2D eigenvalue weighted by Crippen LogP contribution is 1.98. The number of hydrogen-bond acceptors (Lipinski definition) is 46. The summed E-state index contributed by atoms with van der Waals surface area (Å²) < 4.78 is 242. The van der Waals surface area contributed by atoms with E-state index in [9.17, 15) is 0 Å². The van der Waals surface area contributed by atoms with Crippen LogP contribution in [-0.4, -0.2) is 594 Å². The monoisotopic (exact) mass is 2050 g/mol. The van der Waals surface area contributed by atoms with E-state index >= 15 is 0 Å². The highest BCUT2D eigenvalue weighted by Gasteiger charge is 2.07. The van der Waals surface area contributed by atoms with Crippen molar-refractivity contribution in [2.75, 3.05) is 594 Å². The minimum atomic E-state index is 0.316. The minimum Gasteiger partial charge on any atom is -0.379 e. The topological polar surface area (TPSA) is 504 Å². The first-order valence-electron chi connectivity index (χ1n) is 49.3. The molecule has 0 saturated carbocycles. The van der Waals surface area contributed by atoms with Crippen molar-refractivity contribution in [1.82, 2.24) is 0 Å². The molecule has 0 unspecified atom stereocenters. The van der Waals surface area contributed by atoms with E-state index < -0.39 is 0 Å². The van der Waals surface area contributed by atoms with Crippen LogP contribution >= 0.6 is 0 Å². The number of nitrogens with zero attached hydrogens (tertiary/aromatic N) is 6. The van der Waals surface area contributed by atoms with Gasteiger partial charge in [-0.1, -0.05) is 10.2 Å². The third kappa shape index (κ3) is 135. The summed E-state index contributed by atoms with van der Waals surface area (Å²) in [5.41, 5.74) is 16.4. The van der Waals surface area contributed by atoms with Gasteiger partial charge in [0.15, 0.2) is 0 Å². The Hall–Kier alpha value is -3.14. The van der Waals surface area contributed by atoms with E-state index in [2.05, 4.69) is 20.1 Å². The summed E-state index contributed by atoms with van der Waals surface area (Å²) in [5, 5.41) is 6.77. The van der Waals surface area contributed by atoms with Crippen molar-refractivity contribution in [2.45, 2.75) is 0 Å². The Bertz CT molecular complexity index is 2020. The summed E-state index contributed by atoms with van der Waals surface area (Å²) >= 11 is 0. The zero-order valence-electron chi connectivity index (χ0n) is 84.3. The van der Waals surface area contributed by atoms with E-state index in [0.717, 1.165) is 0 Å². The van der Waals surface area contributed by atoms with Crippen molar-refractivity contribution in [1.29, 1.82) is 0 Å². The molecule has 0 aliphatic heterocycles. The lowest BCUT2D eigenvalue weighted by Crippen LogP contribution is -2.16. The lowest BCUT2D eigenvalue weighted by Gasteiger charge is -2.09. The standard InChI is InChI=1S/C90H180N6O44/c91-95-93-1-3-97-5-7-99-9-11-101-13-15-103-17-19-105-21-23-107-25-27-109-29-31-111-33-35-113-37-39-115-41-43-117-45-47-119-49-51-121-53-55-123-57-59-125-61-63-127-65-67-129-69-71-131-73-75-133-77-79-135-81-83-137-85-87-139-89-90-140-88-86-138-84-82-136-80-78-134-76-74-132-72-70-130-68-66-128-64-62-126-60-58-124-56-54-122-52-50-120-48-46-118-44-42-116-40-38-114-36-34-112-32-30-110-28-26-108-24-22-106-20-18-104-16-14-102-12-10-100-8-6-98-4-2-94-96-92/h1-90H2. The van der Waals surface area contributed by atoms with Gasteiger partial charge in [0, 0.05) is 22.9 Å². The Morgan fingerprint density at radius 3 is 0.164 bits per heavy atom. The quantitative estimate of drug-likeness (QED) is 0.0365. The van der Waals surface area contributed by atoms with Gasteiger partial charge in [-0.05, 0) is 11.1 Å². The molecule has 140 heavy (non-hydrogen) atoms. The van der Waals surface area contributed by atoms with Gasteiger partial charge in [-0.25, -0.2) is 0 Å². The van der Waals surface area contributed by atoms with Crippen molar-refractivity contribution in [3.63, 3.8) is 0 Å². The highest BCUT2D eigenvalue weighted by molar-refractivity contribution is 4.51. The average Bonchev–Trinajstić information content (AvgIpc) is 1.10. The molecule has 50 heteroatoms. The molecule has 834 valence electrons. The van der Waals surface area contributed by atoms with Crippen LogP contribution in [0.3, 0.4) is 0 Å². The van der Waals surface area contributed by atoms with Gasteiger partial charge in [-0.15, -0.1) is 0 Å². The molecule has 0 aromatic rings. The third-order valence-corrected chi connectivity index (χ3v) is 16.8. The summed E-state index contributed by atoms with van der Waals surface area (Å²) in [6, 6.07) is 0. The fraction of sp³-hybridized carbons (Fsp3) is 1.00. The van der Waals surface area contributed by atoms with E-state index in [4.69, 9.17) is 219 Å². The second-order valence-electron chi connectivity index (χ2n) is 27.9. The van der Waals surface area contributed by atoms with Crippen molar-refractivity contribution in [2.24, 2.45) is 10.2 Å². The van der Waals surface area contributed by atoms with Crippen LogP contribution in [0.2, 0.25) is 0 Å².